The van der Waals surface area contributed by atoms with Gasteiger partial charge in [-0.3, -0.25) is 9.78 Å². The number of benzene rings is 1. The van der Waals surface area contributed by atoms with Crippen molar-refractivity contribution in [3.8, 4) is 11.9 Å². The highest BCUT2D eigenvalue weighted by molar-refractivity contribution is 9.10. The number of unbranched alkanes of at least 4 members (excludes halogenated alkanes) is 1. The highest BCUT2D eigenvalue weighted by Gasteiger charge is 2.16. The normalized spacial score (nSPS) is 11.1. The fourth-order valence-corrected chi connectivity index (χ4v) is 2.96. The molecule has 3 rings (SSSR count). The summed E-state index contributed by atoms with van der Waals surface area (Å²) in [6.45, 7) is 0.471. The van der Waals surface area contributed by atoms with Gasteiger partial charge in [-0.1, -0.05) is 18.2 Å². The zero-order valence-electron chi connectivity index (χ0n) is 13.6. The number of amides is 1. The van der Waals surface area contributed by atoms with E-state index in [1.165, 1.54) is 6.20 Å². The van der Waals surface area contributed by atoms with Crippen molar-refractivity contribution in [1.82, 2.24) is 9.55 Å². The highest BCUT2D eigenvalue weighted by atomic mass is 79.9. The van der Waals surface area contributed by atoms with Crippen molar-refractivity contribution in [2.75, 3.05) is 0 Å². The number of carbonyl (C=O) groups is 1. The summed E-state index contributed by atoms with van der Waals surface area (Å²) in [5.74, 6) is -0.632. The van der Waals surface area contributed by atoms with E-state index in [0.29, 0.717) is 34.8 Å². The first kappa shape index (κ1) is 17.8. The molecule has 130 valence electrons. The number of fused-ring (bicyclic) bond motifs is 1. The van der Waals surface area contributed by atoms with Gasteiger partial charge < -0.3 is 9.67 Å². The summed E-state index contributed by atoms with van der Waals surface area (Å²) in [6.07, 6.45) is 3.95. The van der Waals surface area contributed by atoms with Crippen molar-refractivity contribution in [3.05, 3.63) is 52.8 Å². The summed E-state index contributed by atoms with van der Waals surface area (Å²) in [5.41, 5.74) is 1.29. The van der Waals surface area contributed by atoms with Crippen LogP contribution in [0.25, 0.3) is 10.9 Å². The number of nitrogens with zero attached hydrogens (tertiary/aromatic N) is 5. The van der Waals surface area contributed by atoms with Gasteiger partial charge in [0, 0.05) is 35.2 Å². The highest BCUT2D eigenvalue weighted by Crippen LogP contribution is 2.39. The number of aromatic nitrogens is 2. The van der Waals surface area contributed by atoms with E-state index >= 15 is 0 Å². The van der Waals surface area contributed by atoms with Gasteiger partial charge in [0.15, 0.2) is 5.69 Å². The molecule has 8 heteroatoms. The lowest BCUT2D eigenvalue weighted by Gasteiger charge is -2.04. The average molecular weight is 412 g/mol. The van der Waals surface area contributed by atoms with E-state index in [0.717, 1.165) is 5.52 Å². The number of halogens is 1. The molecule has 0 spiro atoms. The maximum Gasteiger partial charge on any atom is 0.297 e. The van der Waals surface area contributed by atoms with Crippen molar-refractivity contribution >= 4 is 38.4 Å². The number of hydrogen-bond acceptors (Lipinski definition) is 5. The lowest BCUT2D eigenvalue weighted by atomic mass is 10.2. The topological polar surface area (TPSA) is 104 Å². The van der Waals surface area contributed by atoms with E-state index in [1.54, 1.807) is 22.9 Å². The molecule has 2 aromatic heterocycles. The smallest absolute Gasteiger partial charge is 0.297 e. The van der Waals surface area contributed by atoms with Gasteiger partial charge in [-0.05, 0) is 34.5 Å². The zero-order chi connectivity index (χ0) is 18.5. The molecule has 0 aliphatic carbocycles. The van der Waals surface area contributed by atoms with Gasteiger partial charge in [0.05, 0.1) is 17.1 Å². The van der Waals surface area contributed by atoms with Crippen LogP contribution in [-0.4, -0.2) is 20.6 Å². The first-order valence-electron chi connectivity index (χ1n) is 7.85. The number of pyridine rings is 1. The van der Waals surface area contributed by atoms with E-state index < -0.39 is 5.91 Å². The van der Waals surface area contributed by atoms with Crippen LogP contribution >= 0.6 is 15.9 Å². The average Bonchev–Trinajstić information content (AvgIpc) is 2.91. The van der Waals surface area contributed by atoms with E-state index in [2.05, 4.69) is 37.2 Å². The van der Waals surface area contributed by atoms with Gasteiger partial charge >= 0.3 is 0 Å². The number of para-hydroxylation sites is 1. The Morgan fingerprint density at radius 3 is 2.92 bits per heavy atom. The SMILES string of the molecule is N#CCCCn1c(O)c(N=NC(=O)c2cncc(Br)c2)c2ccccc21. The Balaban J connectivity index is 1.96. The third-order valence-electron chi connectivity index (χ3n) is 3.78. The van der Waals surface area contributed by atoms with Gasteiger partial charge in [0.1, 0.15) is 0 Å². The molecule has 1 aromatic carbocycles. The number of azo groups is 1. The number of hydrogen-bond donors (Lipinski definition) is 1. The summed E-state index contributed by atoms with van der Waals surface area (Å²) in [6, 6.07) is 11.0. The van der Waals surface area contributed by atoms with Crippen LogP contribution in [0.1, 0.15) is 23.2 Å². The molecule has 0 aliphatic heterocycles. The largest absolute Gasteiger partial charge is 0.493 e. The second kappa shape index (κ2) is 7.89. The number of rotatable bonds is 5. The molecule has 0 atom stereocenters. The quantitative estimate of drug-likeness (QED) is 0.483. The summed E-state index contributed by atoms with van der Waals surface area (Å²) in [4.78, 5) is 16.1. The molecule has 0 fully saturated rings. The molecule has 1 N–H and O–H groups in total. The molecule has 0 saturated carbocycles. The molecule has 26 heavy (non-hydrogen) atoms. The number of aromatic hydroxyl groups is 1. The second-order valence-electron chi connectivity index (χ2n) is 5.50. The Morgan fingerprint density at radius 2 is 2.15 bits per heavy atom. The molecule has 3 aromatic rings. The zero-order valence-corrected chi connectivity index (χ0v) is 15.2. The number of carbonyl (C=O) groups excluding carboxylic acids is 1. The minimum absolute atomic E-state index is 0.0759. The minimum Gasteiger partial charge on any atom is -0.493 e. The fraction of sp³-hybridized carbons (Fsp3) is 0.167. The molecular weight excluding hydrogens is 398 g/mol. The lowest BCUT2D eigenvalue weighted by Crippen LogP contribution is -1.96. The van der Waals surface area contributed by atoms with Crippen LogP contribution in [-0.2, 0) is 6.54 Å². The maximum atomic E-state index is 12.2. The van der Waals surface area contributed by atoms with Gasteiger partial charge in [-0.15, -0.1) is 10.2 Å². The van der Waals surface area contributed by atoms with Gasteiger partial charge in [-0.2, -0.15) is 5.26 Å². The first-order valence-corrected chi connectivity index (χ1v) is 8.65. The Morgan fingerprint density at radius 1 is 1.35 bits per heavy atom. The van der Waals surface area contributed by atoms with E-state index in [9.17, 15) is 9.90 Å². The van der Waals surface area contributed by atoms with E-state index in [-0.39, 0.29) is 11.6 Å². The summed E-state index contributed by atoms with van der Waals surface area (Å²) in [5, 5.41) is 27.6. The van der Waals surface area contributed by atoms with Gasteiger partial charge in [-0.25, -0.2) is 0 Å². The molecule has 0 bridgehead atoms. The van der Waals surface area contributed by atoms with E-state index in [1.807, 2.05) is 18.2 Å². The van der Waals surface area contributed by atoms with Gasteiger partial charge in [0.25, 0.3) is 5.91 Å². The molecule has 1 amide bonds. The molecular formula is C18H14BrN5O2. The third kappa shape index (κ3) is 3.63. The predicted octanol–water partition coefficient (Wildman–Crippen LogP) is 4.73. The minimum atomic E-state index is -0.556. The molecule has 2 heterocycles. The standard InChI is InChI=1S/C18H14BrN5O2/c19-13-9-12(10-21-11-13)17(25)23-22-16-14-5-1-2-6-15(14)24(18(16)26)8-4-3-7-20/h1-2,5-6,9-11,26H,3-4,8H2. The molecule has 7 nitrogen and oxygen atoms in total. The molecule has 0 radical (unpaired) electrons. The van der Waals surface area contributed by atoms with Crippen LogP contribution < -0.4 is 0 Å². The number of aryl methyl sites for hydroxylation is 1. The number of nitriles is 1. The van der Waals surface area contributed by atoms with E-state index in [4.69, 9.17) is 5.26 Å². The van der Waals surface area contributed by atoms with Crippen molar-refractivity contribution in [1.29, 1.82) is 5.26 Å². The predicted molar refractivity (Wildman–Crippen MR) is 99.2 cm³/mol. The third-order valence-corrected chi connectivity index (χ3v) is 4.21. The summed E-state index contributed by atoms with van der Waals surface area (Å²) >= 11 is 3.25. The van der Waals surface area contributed by atoms with Crippen molar-refractivity contribution in [2.24, 2.45) is 10.2 Å². The molecule has 0 aliphatic rings. The van der Waals surface area contributed by atoms with Crippen LogP contribution in [0, 0.1) is 11.3 Å². The van der Waals surface area contributed by atoms with Crippen molar-refractivity contribution < 1.29 is 9.90 Å². The Bertz CT molecular complexity index is 1040. The Hall–Kier alpha value is -3.05. The van der Waals surface area contributed by atoms with Crippen molar-refractivity contribution in [3.63, 3.8) is 0 Å². The summed E-state index contributed by atoms with van der Waals surface area (Å²) in [7, 11) is 0. The molecule has 0 saturated heterocycles. The second-order valence-corrected chi connectivity index (χ2v) is 6.42. The molecule has 0 unspecified atom stereocenters. The van der Waals surface area contributed by atoms with Gasteiger partial charge in [0.2, 0.25) is 5.88 Å². The van der Waals surface area contributed by atoms with Crippen LogP contribution in [0.15, 0.2) is 57.4 Å². The maximum absolute atomic E-state index is 12.2. The monoisotopic (exact) mass is 411 g/mol. The fourth-order valence-electron chi connectivity index (χ4n) is 2.59. The Kier molecular flexibility index (Phi) is 5.39. The Labute approximate surface area is 157 Å². The van der Waals surface area contributed by atoms with Crippen LogP contribution in [0.3, 0.4) is 0 Å². The van der Waals surface area contributed by atoms with Crippen LogP contribution in [0.4, 0.5) is 5.69 Å². The van der Waals surface area contributed by atoms with Crippen LogP contribution in [0.2, 0.25) is 0 Å². The first-order chi connectivity index (χ1) is 12.6. The summed E-state index contributed by atoms with van der Waals surface area (Å²) < 4.78 is 2.34. The lowest BCUT2D eigenvalue weighted by molar-refractivity contribution is 0.0994. The van der Waals surface area contributed by atoms with Crippen LogP contribution in [0.5, 0.6) is 5.88 Å². The van der Waals surface area contributed by atoms with Crippen molar-refractivity contribution in [2.45, 2.75) is 19.4 Å².